The predicted octanol–water partition coefficient (Wildman–Crippen LogP) is 2.01. The van der Waals surface area contributed by atoms with Crippen molar-refractivity contribution in [2.75, 3.05) is 24.1 Å². The molecular formula is C17H24N2O5S. The van der Waals surface area contributed by atoms with Gasteiger partial charge in [-0.2, -0.15) is 0 Å². The zero-order chi connectivity index (χ0) is 18.4. The van der Waals surface area contributed by atoms with Crippen molar-refractivity contribution in [2.45, 2.75) is 38.7 Å². The number of rotatable bonds is 5. The average Bonchev–Trinajstić information content (AvgIpc) is 2.82. The van der Waals surface area contributed by atoms with Crippen LogP contribution in [0.3, 0.4) is 0 Å². The summed E-state index contributed by atoms with van der Waals surface area (Å²) in [6, 6.07) is 6.14. The summed E-state index contributed by atoms with van der Waals surface area (Å²) in [5.74, 6) is -0.953. The quantitative estimate of drug-likeness (QED) is 0.803. The van der Waals surface area contributed by atoms with Crippen molar-refractivity contribution < 1.29 is 22.7 Å². The molecule has 1 atom stereocenters. The molecule has 1 saturated heterocycles. The highest BCUT2D eigenvalue weighted by atomic mass is 32.2. The SMILES string of the molecule is CC(OC(=O)c1ccccc1NS(C)(=O)=O)C(=O)N1CCCCCC1. The first kappa shape index (κ1) is 19.2. The molecule has 0 spiro atoms. The Kier molecular flexibility index (Phi) is 6.41. The first-order valence-electron chi connectivity index (χ1n) is 8.34. The summed E-state index contributed by atoms with van der Waals surface area (Å²) in [6.45, 7) is 2.89. The monoisotopic (exact) mass is 368 g/mol. The Labute approximate surface area is 148 Å². The number of benzene rings is 1. The number of para-hydroxylation sites is 1. The summed E-state index contributed by atoms with van der Waals surface area (Å²) in [5.41, 5.74) is 0.202. The number of carbonyl (C=O) groups is 2. The van der Waals surface area contributed by atoms with Crippen LogP contribution in [0.15, 0.2) is 24.3 Å². The topological polar surface area (TPSA) is 92.8 Å². The Morgan fingerprint density at radius 2 is 1.72 bits per heavy atom. The molecule has 1 aromatic carbocycles. The lowest BCUT2D eigenvalue weighted by atomic mass is 10.2. The molecule has 1 amide bonds. The van der Waals surface area contributed by atoms with Gasteiger partial charge in [0.25, 0.3) is 5.91 Å². The van der Waals surface area contributed by atoms with Crippen LogP contribution in [0.5, 0.6) is 0 Å². The average molecular weight is 368 g/mol. The van der Waals surface area contributed by atoms with Crippen LogP contribution in [0.4, 0.5) is 5.69 Å². The van der Waals surface area contributed by atoms with E-state index in [4.69, 9.17) is 4.74 Å². The van der Waals surface area contributed by atoms with E-state index >= 15 is 0 Å². The van der Waals surface area contributed by atoms with Crippen LogP contribution in [0.25, 0.3) is 0 Å². The van der Waals surface area contributed by atoms with Crippen molar-refractivity contribution in [3.8, 4) is 0 Å². The number of hydrogen-bond acceptors (Lipinski definition) is 5. The van der Waals surface area contributed by atoms with Gasteiger partial charge in [0.15, 0.2) is 6.10 Å². The first-order chi connectivity index (χ1) is 11.8. The molecule has 1 aromatic rings. The number of nitrogens with one attached hydrogen (secondary N) is 1. The maximum absolute atomic E-state index is 12.5. The molecule has 0 saturated carbocycles. The van der Waals surface area contributed by atoms with Gasteiger partial charge in [-0.25, -0.2) is 13.2 Å². The van der Waals surface area contributed by atoms with Gasteiger partial charge in [0, 0.05) is 13.1 Å². The van der Waals surface area contributed by atoms with E-state index in [2.05, 4.69) is 4.72 Å². The lowest BCUT2D eigenvalue weighted by Crippen LogP contribution is -2.40. The number of esters is 1. The van der Waals surface area contributed by atoms with Gasteiger partial charge in [0.05, 0.1) is 17.5 Å². The molecule has 25 heavy (non-hydrogen) atoms. The van der Waals surface area contributed by atoms with Crippen LogP contribution in [0.1, 0.15) is 43.0 Å². The van der Waals surface area contributed by atoms with E-state index in [9.17, 15) is 18.0 Å². The number of carbonyl (C=O) groups excluding carboxylic acids is 2. The second-order valence-electron chi connectivity index (χ2n) is 6.21. The number of likely N-dealkylation sites (tertiary alicyclic amines) is 1. The summed E-state index contributed by atoms with van der Waals surface area (Å²) in [7, 11) is -3.53. The molecule has 8 heteroatoms. The molecule has 1 N–H and O–H groups in total. The smallest absolute Gasteiger partial charge is 0.341 e. The molecule has 7 nitrogen and oxygen atoms in total. The maximum Gasteiger partial charge on any atom is 0.341 e. The summed E-state index contributed by atoms with van der Waals surface area (Å²) in [5, 5.41) is 0. The fraction of sp³-hybridized carbons (Fsp3) is 0.529. The van der Waals surface area contributed by atoms with E-state index in [1.807, 2.05) is 0 Å². The summed E-state index contributed by atoms with van der Waals surface area (Å²) in [4.78, 5) is 26.6. The van der Waals surface area contributed by atoms with E-state index < -0.39 is 22.1 Å². The molecule has 2 rings (SSSR count). The Bertz CT molecular complexity index is 724. The van der Waals surface area contributed by atoms with Gasteiger partial charge >= 0.3 is 5.97 Å². The predicted molar refractivity (Wildman–Crippen MR) is 94.8 cm³/mol. The number of amides is 1. The minimum Gasteiger partial charge on any atom is -0.449 e. The Hall–Kier alpha value is -2.09. The molecule has 0 aromatic heterocycles. The van der Waals surface area contributed by atoms with Gasteiger partial charge in [0.1, 0.15) is 0 Å². The molecule has 1 heterocycles. The third-order valence-corrected chi connectivity index (χ3v) is 4.58. The van der Waals surface area contributed by atoms with Crippen LogP contribution in [0.2, 0.25) is 0 Å². The van der Waals surface area contributed by atoms with Crippen LogP contribution in [-0.4, -0.2) is 50.6 Å². The minimum absolute atomic E-state index is 0.0726. The molecular weight excluding hydrogens is 344 g/mol. The van der Waals surface area contributed by atoms with Gasteiger partial charge in [-0.15, -0.1) is 0 Å². The number of anilines is 1. The molecule has 0 aliphatic carbocycles. The van der Waals surface area contributed by atoms with Gasteiger partial charge < -0.3 is 9.64 Å². The van der Waals surface area contributed by atoms with Gasteiger partial charge in [-0.3, -0.25) is 9.52 Å². The number of sulfonamides is 1. The van der Waals surface area contributed by atoms with E-state index in [-0.39, 0.29) is 17.2 Å². The fourth-order valence-corrected chi connectivity index (χ4v) is 3.35. The zero-order valence-corrected chi connectivity index (χ0v) is 15.3. The van der Waals surface area contributed by atoms with Crippen LogP contribution < -0.4 is 4.72 Å². The van der Waals surface area contributed by atoms with Gasteiger partial charge in [-0.05, 0) is 31.9 Å². The van der Waals surface area contributed by atoms with Crippen LogP contribution in [-0.2, 0) is 19.6 Å². The molecule has 1 fully saturated rings. The highest BCUT2D eigenvalue weighted by Gasteiger charge is 2.26. The largest absolute Gasteiger partial charge is 0.449 e. The maximum atomic E-state index is 12.5. The van der Waals surface area contributed by atoms with Crippen LogP contribution >= 0.6 is 0 Å². The van der Waals surface area contributed by atoms with E-state index in [1.165, 1.54) is 19.1 Å². The van der Waals surface area contributed by atoms with Crippen LogP contribution in [0, 0.1) is 0 Å². The molecule has 1 aliphatic heterocycles. The van der Waals surface area contributed by atoms with E-state index in [1.54, 1.807) is 17.0 Å². The van der Waals surface area contributed by atoms with Crippen molar-refractivity contribution in [1.82, 2.24) is 4.90 Å². The molecule has 0 bridgehead atoms. The van der Waals surface area contributed by atoms with Crippen molar-refractivity contribution in [1.29, 1.82) is 0 Å². The molecule has 138 valence electrons. The van der Waals surface area contributed by atoms with Gasteiger partial charge in [-0.1, -0.05) is 25.0 Å². The highest BCUT2D eigenvalue weighted by molar-refractivity contribution is 7.92. The van der Waals surface area contributed by atoms with Gasteiger partial charge in [0.2, 0.25) is 10.0 Å². The lowest BCUT2D eigenvalue weighted by molar-refractivity contribution is -0.139. The Morgan fingerprint density at radius 1 is 1.12 bits per heavy atom. The van der Waals surface area contributed by atoms with Crippen molar-refractivity contribution in [3.63, 3.8) is 0 Å². The molecule has 1 unspecified atom stereocenters. The van der Waals surface area contributed by atoms with Crippen molar-refractivity contribution >= 4 is 27.6 Å². The second kappa shape index (κ2) is 8.33. The third-order valence-electron chi connectivity index (χ3n) is 3.99. The standard InChI is InChI=1S/C17H24N2O5S/c1-13(16(20)19-11-7-3-4-8-12-19)24-17(21)14-9-5-6-10-15(14)18-25(2,22)23/h5-6,9-10,13,18H,3-4,7-8,11-12H2,1-2H3. The van der Waals surface area contributed by atoms with Crippen molar-refractivity contribution in [3.05, 3.63) is 29.8 Å². The minimum atomic E-state index is -3.53. The van der Waals surface area contributed by atoms with E-state index in [0.29, 0.717) is 13.1 Å². The third kappa shape index (κ3) is 5.74. The molecule has 1 aliphatic rings. The lowest BCUT2D eigenvalue weighted by Gasteiger charge is -2.24. The van der Waals surface area contributed by atoms with E-state index in [0.717, 1.165) is 31.9 Å². The molecule has 0 radical (unpaired) electrons. The summed E-state index contributed by atoms with van der Waals surface area (Å²) < 4.78 is 30.4. The summed E-state index contributed by atoms with van der Waals surface area (Å²) >= 11 is 0. The normalized spacial score (nSPS) is 16.6. The number of hydrogen-bond donors (Lipinski definition) is 1. The number of ether oxygens (including phenoxy) is 1. The highest BCUT2D eigenvalue weighted by Crippen LogP contribution is 2.19. The second-order valence-corrected chi connectivity index (χ2v) is 7.96. The number of nitrogens with zero attached hydrogens (tertiary/aromatic N) is 1. The summed E-state index contributed by atoms with van der Waals surface area (Å²) in [6.07, 6.45) is 4.18. The Balaban J connectivity index is 2.07. The first-order valence-corrected chi connectivity index (χ1v) is 10.2. The zero-order valence-electron chi connectivity index (χ0n) is 14.5. The van der Waals surface area contributed by atoms with Crippen molar-refractivity contribution in [2.24, 2.45) is 0 Å². The fourth-order valence-electron chi connectivity index (χ4n) is 2.77. The Morgan fingerprint density at radius 3 is 2.32 bits per heavy atom.